The lowest BCUT2D eigenvalue weighted by molar-refractivity contribution is -0.120. The fourth-order valence-corrected chi connectivity index (χ4v) is 4.73. The Kier molecular flexibility index (Phi) is 7.31. The highest BCUT2D eigenvalue weighted by molar-refractivity contribution is 8.00. The van der Waals surface area contributed by atoms with Gasteiger partial charge in [0.05, 0.1) is 5.75 Å². The number of nitrogens with one attached hydrogen (secondary N) is 1. The third-order valence-corrected chi connectivity index (χ3v) is 6.38. The first-order chi connectivity index (χ1) is 14.0. The first-order valence-corrected chi connectivity index (χ1v) is 11.2. The molecule has 1 aliphatic heterocycles. The molecule has 1 aliphatic rings. The van der Waals surface area contributed by atoms with Crippen molar-refractivity contribution in [3.63, 3.8) is 0 Å². The van der Waals surface area contributed by atoms with Crippen molar-refractivity contribution >= 4 is 35.0 Å². The summed E-state index contributed by atoms with van der Waals surface area (Å²) in [5.41, 5.74) is 2.18. The summed E-state index contributed by atoms with van der Waals surface area (Å²) in [6.45, 7) is 4.16. The Morgan fingerprint density at radius 3 is 2.76 bits per heavy atom. The fourth-order valence-electron chi connectivity index (χ4n) is 3.56. The van der Waals surface area contributed by atoms with Gasteiger partial charge in [0.2, 0.25) is 11.8 Å². The predicted octanol–water partition coefficient (Wildman–Crippen LogP) is 5.76. The summed E-state index contributed by atoms with van der Waals surface area (Å²) in [6, 6.07) is 13.7. The zero-order chi connectivity index (χ0) is 20.8. The van der Waals surface area contributed by atoms with Crippen molar-refractivity contribution in [1.82, 2.24) is 0 Å². The van der Waals surface area contributed by atoms with Crippen LogP contribution in [-0.4, -0.2) is 17.6 Å². The summed E-state index contributed by atoms with van der Waals surface area (Å²) >= 11 is 1.50. The molecule has 4 nitrogen and oxygen atoms in total. The Balaban J connectivity index is 1.79. The maximum Gasteiger partial charge on any atom is 0.238 e. The van der Waals surface area contributed by atoms with Crippen LogP contribution in [0.1, 0.15) is 50.5 Å². The van der Waals surface area contributed by atoms with Crippen LogP contribution in [0, 0.1) is 11.7 Å². The van der Waals surface area contributed by atoms with Crippen LogP contribution < -0.4 is 10.2 Å². The molecule has 29 heavy (non-hydrogen) atoms. The molecular weight excluding hydrogens is 387 g/mol. The molecule has 2 aromatic carbocycles. The molecule has 1 heterocycles. The predicted molar refractivity (Wildman–Crippen MR) is 117 cm³/mol. The molecule has 0 radical (unpaired) electrons. The molecule has 2 amide bonds. The highest BCUT2D eigenvalue weighted by atomic mass is 32.2. The van der Waals surface area contributed by atoms with E-state index in [4.69, 9.17) is 0 Å². The minimum atomic E-state index is -0.371. The van der Waals surface area contributed by atoms with E-state index in [0.29, 0.717) is 11.4 Å². The van der Waals surface area contributed by atoms with Crippen LogP contribution in [0.25, 0.3) is 0 Å². The molecule has 0 aromatic heterocycles. The number of nitrogens with zero attached hydrogens (tertiary/aromatic N) is 1. The second-order valence-electron chi connectivity index (χ2n) is 7.27. The van der Waals surface area contributed by atoms with Crippen LogP contribution in [0.5, 0.6) is 0 Å². The van der Waals surface area contributed by atoms with Crippen molar-refractivity contribution in [2.75, 3.05) is 16.0 Å². The van der Waals surface area contributed by atoms with Crippen LogP contribution in [-0.2, 0) is 9.59 Å². The van der Waals surface area contributed by atoms with Gasteiger partial charge in [-0.15, -0.1) is 11.8 Å². The van der Waals surface area contributed by atoms with Gasteiger partial charge in [-0.2, -0.15) is 0 Å². The zero-order valence-electron chi connectivity index (χ0n) is 16.9. The summed E-state index contributed by atoms with van der Waals surface area (Å²) in [6.07, 6.45) is 3.81. The van der Waals surface area contributed by atoms with E-state index < -0.39 is 0 Å². The van der Waals surface area contributed by atoms with Crippen molar-refractivity contribution in [2.24, 2.45) is 5.92 Å². The third-order valence-electron chi connectivity index (χ3n) is 5.16. The first-order valence-electron chi connectivity index (χ1n) is 10.1. The molecule has 0 aliphatic carbocycles. The van der Waals surface area contributed by atoms with Crippen LogP contribution in [0.15, 0.2) is 48.5 Å². The summed E-state index contributed by atoms with van der Waals surface area (Å²) < 4.78 is 13.7. The molecule has 1 saturated heterocycles. The van der Waals surface area contributed by atoms with E-state index in [1.54, 1.807) is 17.0 Å². The second kappa shape index (κ2) is 9.92. The number of thioether (sulfide) groups is 1. The highest BCUT2D eigenvalue weighted by Crippen LogP contribution is 2.42. The fraction of sp³-hybridized carbons (Fsp3) is 0.391. The Hall–Kier alpha value is -2.34. The molecule has 2 atom stereocenters. The van der Waals surface area contributed by atoms with Gasteiger partial charge in [-0.3, -0.25) is 14.5 Å². The molecule has 2 unspecified atom stereocenters. The third kappa shape index (κ3) is 5.18. The number of benzene rings is 2. The van der Waals surface area contributed by atoms with Gasteiger partial charge < -0.3 is 5.32 Å². The average molecular weight is 415 g/mol. The average Bonchev–Trinajstić information content (AvgIpc) is 3.10. The standard InChI is InChI=1S/C23H27FN2O2S/c1-3-5-8-16(4-2)22(28)25-19-11-6-9-17(13-19)23-26(21(27)15-29-23)20-12-7-10-18(24)14-20/h6-7,9-14,16,23H,3-5,8,15H2,1-2H3,(H,25,28). The smallest absolute Gasteiger partial charge is 0.238 e. The normalized spacial score (nSPS) is 17.4. The molecule has 0 saturated carbocycles. The second-order valence-corrected chi connectivity index (χ2v) is 8.34. The molecule has 0 spiro atoms. The maximum atomic E-state index is 13.7. The number of halogens is 1. The number of amides is 2. The SMILES string of the molecule is CCCCC(CC)C(=O)Nc1cccc(C2SCC(=O)N2c2cccc(F)c2)c1. The monoisotopic (exact) mass is 414 g/mol. The van der Waals surface area contributed by atoms with Crippen LogP contribution in [0.4, 0.5) is 15.8 Å². The first kappa shape index (κ1) is 21.4. The highest BCUT2D eigenvalue weighted by Gasteiger charge is 2.34. The molecule has 1 N–H and O–H groups in total. The molecule has 154 valence electrons. The summed E-state index contributed by atoms with van der Waals surface area (Å²) in [7, 11) is 0. The number of carbonyl (C=O) groups excluding carboxylic acids is 2. The van der Waals surface area contributed by atoms with E-state index in [2.05, 4.69) is 12.2 Å². The largest absolute Gasteiger partial charge is 0.326 e. The van der Waals surface area contributed by atoms with Crippen LogP contribution in [0.2, 0.25) is 0 Å². The summed E-state index contributed by atoms with van der Waals surface area (Å²) in [5.74, 6) is -0.0393. The number of hydrogen-bond donors (Lipinski definition) is 1. The van der Waals surface area contributed by atoms with Gasteiger partial charge in [0.25, 0.3) is 0 Å². The summed E-state index contributed by atoms with van der Waals surface area (Å²) in [5, 5.41) is 2.78. The van der Waals surface area contributed by atoms with E-state index in [-0.39, 0.29) is 28.9 Å². The van der Waals surface area contributed by atoms with Gasteiger partial charge >= 0.3 is 0 Å². The lowest BCUT2D eigenvalue weighted by Crippen LogP contribution is -2.28. The van der Waals surface area contributed by atoms with Gasteiger partial charge in [-0.05, 0) is 48.7 Å². The minimum absolute atomic E-state index is 0.00447. The number of hydrogen-bond acceptors (Lipinski definition) is 3. The molecule has 6 heteroatoms. The van der Waals surface area contributed by atoms with Gasteiger partial charge in [0.1, 0.15) is 11.2 Å². The molecular formula is C23H27FN2O2S. The number of carbonyl (C=O) groups is 2. The topological polar surface area (TPSA) is 49.4 Å². The van der Waals surface area contributed by atoms with E-state index >= 15 is 0 Å². The van der Waals surface area contributed by atoms with Crippen LogP contribution >= 0.6 is 11.8 Å². The van der Waals surface area contributed by atoms with Crippen molar-refractivity contribution in [3.05, 3.63) is 59.9 Å². The van der Waals surface area contributed by atoms with Crippen molar-refractivity contribution in [2.45, 2.75) is 44.9 Å². The Bertz CT molecular complexity index is 873. The Morgan fingerprint density at radius 2 is 2.03 bits per heavy atom. The van der Waals surface area contributed by atoms with E-state index in [1.165, 1.54) is 23.9 Å². The Labute approximate surface area is 175 Å². The quantitative estimate of drug-likeness (QED) is 0.597. The van der Waals surface area contributed by atoms with Crippen molar-refractivity contribution in [3.8, 4) is 0 Å². The molecule has 1 fully saturated rings. The minimum Gasteiger partial charge on any atom is -0.326 e. The van der Waals surface area contributed by atoms with Gasteiger partial charge in [-0.1, -0.05) is 44.9 Å². The molecule has 3 rings (SSSR count). The number of rotatable bonds is 8. The number of anilines is 2. The van der Waals surface area contributed by atoms with E-state index in [9.17, 15) is 14.0 Å². The van der Waals surface area contributed by atoms with Gasteiger partial charge in [0, 0.05) is 17.3 Å². The van der Waals surface area contributed by atoms with Gasteiger partial charge in [0.15, 0.2) is 0 Å². The lowest BCUT2D eigenvalue weighted by atomic mass is 9.98. The maximum absolute atomic E-state index is 13.7. The number of unbranched alkanes of at least 4 members (excludes halogenated alkanes) is 1. The summed E-state index contributed by atoms with van der Waals surface area (Å²) in [4.78, 5) is 26.7. The lowest BCUT2D eigenvalue weighted by Gasteiger charge is -2.25. The molecule has 0 bridgehead atoms. The van der Waals surface area contributed by atoms with E-state index in [1.807, 2.05) is 31.2 Å². The van der Waals surface area contributed by atoms with Gasteiger partial charge in [-0.25, -0.2) is 4.39 Å². The molecule has 2 aromatic rings. The Morgan fingerprint density at radius 1 is 1.24 bits per heavy atom. The zero-order valence-corrected chi connectivity index (χ0v) is 17.7. The van der Waals surface area contributed by atoms with Crippen molar-refractivity contribution in [1.29, 1.82) is 0 Å². The van der Waals surface area contributed by atoms with Crippen molar-refractivity contribution < 1.29 is 14.0 Å². The van der Waals surface area contributed by atoms with Crippen LogP contribution in [0.3, 0.4) is 0 Å². The van der Waals surface area contributed by atoms with E-state index in [0.717, 1.165) is 36.9 Å².